The van der Waals surface area contributed by atoms with E-state index in [1.807, 2.05) is 26.0 Å². The van der Waals surface area contributed by atoms with E-state index in [0.29, 0.717) is 13.2 Å². The summed E-state index contributed by atoms with van der Waals surface area (Å²) in [5, 5.41) is 0. The SMILES string of the molecule is CC(=O)OCCN.CN(C)C. The maximum atomic E-state index is 9.92. The van der Waals surface area contributed by atoms with Gasteiger partial charge in [0.1, 0.15) is 6.61 Å². The Morgan fingerprint density at radius 1 is 1.45 bits per heavy atom. The first-order chi connectivity index (χ1) is 5.00. The lowest BCUT2D eigenvalue weighted by atomic mass is 10.7. The van der Waals surface area contributed by atoms with Crippen LogP contribution in [0.4, 0.5) is 0 Å². The predicted molar refractivity (Wildman–Crippen MR) is 45.3 cm³/mol. The molecule has 2 N–H and O–H groups in total. The number of hydrogen-bond donors (Lipinski definition) is 1. The summed E-state index contributed by atoms with van der Waals surface area (Å²) in [6, 6.07) is 0. The standard InChI is InChI=1S/C4H9NO2.C3H9N/c1-4(6)7-3-2-5;1-4(2)3/h2-3,5H2,1H3;1-3H3. The van der Waals surface area contributed by atoms with Gasteiger partial charge in [0, 0.05) is 13.5 Å². The quantitative estimate of drug-likeness (QED) is 0.566. The zero-order valence-electron chi connectivity index (χ0n) is 7.76. The Bertz CT molecular complexity index is 91.7. The summed E-state index contributed by atoms with van der Waals surface area (Å²) in [6.07, 6.45) is 0. The Labute approximate surface area is 68.3 Å². The topological polar surface area (TPSA) is 55.6 Å². The fraction of sp³-hybridized carbons (Fsp3) is 0.857. The highest BCUT2D eigenvalue weighted by Crippen LogP contribution is 1.69. The minimum atomic E-state index is -0.273. The number of rotatable bonds is 2. The van der Waals surface area contributed by atoms with Crippen LogP contribution in [0.25, 0.3) is 0 Å². The molecule has 0 bridgehead atoms. The molecule has 0 aromatic rings. The lowest BCUT2D eigenvalue weighted by Gasteiger charge is -1.93. The van der Waals surface area contributed by atoms with E-state index < -0.39 is 0 Å². The smallest absolute Gasteiger partial charge is 0.302 e. The third-order valence-corrected chi connectivity index (χ3v) is 0.423. The summed E-state index contributed by atoms with van der Waals surface area (Å²) in [4.78, 5) is 11.9. The first kappa shape index (κ1) is 13.0. The van der Waals surface area contributed by atoms with Crippen LogP contribution in [0.1, 0.15) is 6.92 Å². The monoisotopic (exact) mass is 162 g/mol. The number of hydrogen-bond acceptors (Lipinski definition) is 4. The van der Waals surface area contributed by atoms with Crippen LogP contribution in [0.5, 0.6) is 0 Å². The van der Waals surface area contributed by atoms with Crippen LogP contribution < -0.4 is 5.73 Å². The van der Waals surface area contributed by atoms with Crippen molar-refractivity contribution in [3.63, 3.8) is 0 Å². The van der Waals surface area contributed by atoms with Crippen molar-refractivity contribution in [1.82, 2.24) is 4.90 Å². The second-order valence-corrected chi connectivity index (χ2v) is 2.47. The number of esters is 1. The first-order valence-electron chi connectivity index (χ1n) is 3.45. The lowest BCUT2D eigenvalue weighted by molar-refractivity contribution is -0.140. The van der Waals surface area contributed by atoms with E-state index in [2.05, 4.69) is 4.74 Å². The molecule has 0 amide bonds. The van der Waals surface area contributed by atoms with Gasteiger partial charge < -0.3 is 15.4 Å². The van der Waals surface area contributed by atoms with Crippen molar-refractivity contribution in [1.29, 1.82) is 0 Å². The van der Waals surface area contributed by atoms with Crippen molar-refractivity contribution in [2.24, 2.45) is 5.73 Å². The third-order valence-electron chi connectivity index (χ3n) is 0.423. The van der Waals surface area contributed by atoms with Gasteiger partial charge in [0.2, 0.25) is 0 Å². The van der Waals surface area contributed by atoms with E-state index in [-0.39, 0.29) is 5.97 Å². The van der Waals surface area contributed by atoms with Crippen molar-refractivity contribution in [2.75, 3.05) is 34.3 Å². The number of nitrogens with two attached hydrogens (primary N) is 1. The molecule has 68 valence electrons. The normalized spacial score (nSPS) is 8.55. The van der Waals surface area contributed by atoms with Gasteiger partial charge in [0.15, 0.2) is 0 Å². The Morgan fingerprint density at radius 2 is 1.82 bits per heavy atom. The highest BCUT2D eigenvalue weighted by Gasteiger charge is 1.85. The molecule has 11 heavy (non-hydrogen) atoms. The summed E-state index contributed by atoms with van der Waals surface area (Å²) < 4.78 is 4.43. The zero-order valence-corrected chi connectivity index (χ0v) is 7.76. The zero-order chi connectivity index (χ0) is 9.28. The molecule has 0 radical (unpaired) electrons. The van der Waals surface area contributed by atoms with Crippen molar-refractivity contribution in [3.8, 4) is 0 Å². The van der Waals surface area contributed by atoms with Crippen LogP contribution in [-0.4, -0.2) is 45.2 Å². The van der Waals surface area contributed by atoms with Gasteiger partial charge >= 0.3 is 5.97 Å². The molecule has 0 aliphatic carbocycles. The van der Waals surface area contributed by atoms with Gasteiger partial charge in [-0.1, -0.05) is 0 Å². The maximum absolute atomic E-state index is 9.92. The van der Waals surface area contributed by atoms with E-state index in [1.165, 1.54) is 6.92 Å². The van der Waals surface area contributed by atoms with Crippen LogP contribution in [0, 0.1) is 0 Å². The second kappa shape index (κ2) is 9.39. The van der Waals surface area contributed by atoms with Gasteiger partial charge in [-0.2, -0.15) is 0 Å². The number of ether oxygens (including phenoxy) is 1. The van der Waals surface area contributed by atoms with E-state index in [9.17, 15) is 4.79 Å². The third kappa shape index (κ3) is 44.6. The molecular formula is C7H18N2O2. The van der Waals surface area contributed by atoms with Crippen molar-refractivity contribution >= 4 is 5.97 Å². The van der Waals surface area contributed by atoms with Gasteiger partial charge in [-0.25, -0.2) is 0 Å². The molecule has 0 aromatic heterocycles. The molecule has 0 heterocycles. The Balaban J connectivity index is 0. The van der Waals surface area contributed by atoms with E-state index in [1.54, 1.807) is 0 Å². The summed E-state index contributed by atoms with van der Waals surface area (Å²) in [5.74, 6) is -0.273. The Hall–Kier alpha value is -0.610. The minimum absolute atomic E-state index is 0.273. The van der Waals surface area contributed by atoms with Gasteiger partial charge in [-0.3, -0.25) is 4.79 Å². The first-order valence-corrected chi connectivity index (χ1v) is 3.45. The fourth-order valence-electron chi connectivity index (χ4n) is 0.203. The van der Waals surface area contributed by atoms with Crippen LogP contribution in [0.3, 0.4) is 0 Å². The largest absolute Gasteiger partial charge is 0.465 e. The molecule has 0 spiro atoms. The molecular weight excluding hydrogens is 144 g/mol. The van der Waals surface area contributed by atoms with Gasteiger partial charge in [0.25, 0.3) is 0 Å². The fourth-order valence-corrected chi connectivity index (χ4v) is 0.203. The van der Waals surface area contributed by atoms with Crippen LogP contribution in [0.15, 0.2) is 0 Å². The molecule has 4 nitrogen and oxygen atoms in total. The molecule has 0 atom stereocenters. The van der Waals surface area contributed by atoms with Gasteiger partial charge in [-0.05, 0) is 21.1 Å². The average molecular weight is 162 g/mol. The lowest BCUT2D eigenvalue weighted by Crippen LogP contribution is -2.10. The predicted octanol–water partition coefficient (Wildman–Crippen LogP) is -0.314. The summed E-state index contributed by atoms with van der Waals surface area (Å²) in [7, 11) is 6.00. The van der Waals surface area contributed by atoms with Crippen molar-refractivity contribution in [3.05, 3.63) is 0 Å². The maximum Gasteiger partial charge on any atom is 0.302 e. The van der Waals surface area contributed by atoms with Gasteiger partial charge in [0.05, 0.1) is 0 Å². The van der Waals surface area contributed by atoms with E-state index >= 15 is 0 Å². The molecule has 0 unspecified atom stereocenters. The molecule has 0 aliphatic heterocycles. The second-order valence-electron chi connectivity index (χ2n) is 2.47. The Morgan fingerprint density at radius 3 is 1.91 bits per heavy atom. The number of carbonyl (C=O) groups excluding carboxylic acids is 1. The van der Waals surface area contributed by atoms with E-state index in [4.69, 9.17) is 5.73 Å². The molecule has 0 saturated carbocycles. The van der Waals surface area contributed by atoms with Crippen LogP contribution in [0.2, 0.25) is 0 Å². The van der Waals surface area contributed by atoms with Crippen molar-refractivity contribution < 1.29 is 9.53 Å². The van der Waals surface area contributed by atoms with Gasteiger partial charge in [-0.15, -0.1) is 0 Å². The summed E-state index contributed by atoms with van der Waals surface area (Å²) >= 11 is 0. The summed E-state index contributed by atoms with van der Waals surface area (Å²) in [6.45, 7) is 2.09. The molecule has 0 aliphatic rings. The molecule has 0 fully saturated rings. The highest BCUT2D eigenvalue weighted by atomic mass is 16.5. The number of nitrogens with zero attached hydrogens (tertiary/aromatic N) is 1. The molecule has 0 rings (SSSR count). The minimum Gasteiger partial charge on any atom is -0.465 e. The average Bonchev–Trinajstić information content (AvgIpc) is 1.82. The van der Waals surface area contributed by atoms with Crippen LogP contribution >= 0.6 is 0 Å². The molecule has 4 heteroatoms. The summed E-state index contributed by atoms with van der Waals surface area (Å²) in [5.41, 5.74) is 5.00. The molecule has 0 saturated heterocycles. The van der Waals surface area contributed by atoms with Crippen LogP contribution in [-0.2, 0) is 9.53 Å². The molecule has 0 aromatic carbocycles. The van der Waals surface area contributed by atoms with Crippen molar-refractivity contribution in [2.45, 2.75) is 6.92 Å². The number of carbonyl (C=O) groups is 1. The highest BCUT2D eigenvalue weighted by molar-refractivity contribution is 5.65. The Kier molecular flexibility index (Phi) is 11.1. The van der Waals surface area contributed by atoms with E-state index in [0.717, 1.165) is 0 Å².